The number of alkyl halides is 3. The molecule has 1 nitrogen and oxygen atoms in total. The van der Waals surface area contributed by atoms with Crippen molar-refractivity contribution in [2.75, 3.05) is 0 Å². The van der Waals surface area contributed by atoms with Gasteiger partial charge in [-0.15, -0.1) is 0 Å². The first kappa shape index (κ1) is 16.0. The van der Waals surface area contributed by atoms with Crippen LogP contribution in [0.3, 0.4) is 0 Å². The van der Waals surface area contributed by atoms with Crippen LogP contribution in [0.4, 0.5) is 17.6 Å². The SMILES string of the molecule is OC(Cc1cc(Br)ccc1F)c1cccc(C(F)(F)F)c1. The Hall–Kier alpha value is -1.40. The number of benzene rings is 2. The van der Waals surface area contributed by atoms with Crippen molar-refractivity contribution in [3.8, 4) is 0 Å². The smallest absolute Gasteiger partial charge is 0.388 e. The fraction of sp³-hybridized carbons (Fsp3) is 0.200. The molecule has 0 saturated heterocycles. The van der Waals surface area contributed by atoms with Crippen LogP contribution >= 0.6 is 15.9 Å². The monoisotopic (exact) mass is 362 g/mol. The van der Waals surface area contributed by atoms with Gasteiger partial charge in [-0.25, -0.2) is 4.39 Å². The van der Waals surface area contributed by atoms with Gasteiger partial charge in [-0.05, 0) is 41.5 Å². The van der Waals surface area contributed by atoms with Crippen LogP contribution in [0, 0.1) is 5.82 Å². The molecule has 1 unspecified atom stereocenters. The third kappa shape index (κ3) is 4.04. The van der Waals surface area contributed by atoms with E-state index in [0.29, 0.717) is 4.47 Å². The van der Waals surface area contributed by atoms with Crippen LogP contribution in [-0.4, -0.2) is 5.11 Å². The van der Waals surface area contributed by atoms with Crippen molar-refractivity contribution < 1.29 is 22.7 Å². The second kappa shape index (κ2) is 6.15. The molecule has 0 radical (unpaired) electrons. The maximum absolute atomic E-state index is 13.6. The zero-order valence-corrected chi connectivity index (χ0v) is 12.2. The van der Waals surface area contributed by atoms with Crippen molar-refractivity contribution in [2.24, 2.45) is 0 Å². The van der Waals surface area contributed by atoms with E-state index in [1.165, 1.54) is 30.3 Å². The highest BCUT2D eigenvalue weighted by atomic mass is 79.9. The molecule has 0 heterocycles. The summed E-state index contributed by atoms with van der Waals surface area (Å²) in [5.41, 5.74) is -0.507. The van der Waals surface area contributed by atoms with Gasteiger partial charge in [-0.3, -0.25) is 0 Å². The topological polar surface area (TPSA) is 20.2 Å². The summed E-state index contributed by atoms with van der Waals surface area (Å²) in [6, 6.07) is 8.64. The molecule has 0 aliphatic heterocycles. The number of aliphatic hydroxyl groups is 1. The maximum atomic E-state index is 13.6. The quantitative estimate of drug-likeness (QED) is 0.771. The van der Waals surface area contributed by atoms with Crippen LogP contribution in [0.1, 0.15) is 22.8 Å². The lowest BCUT2D eigenvalue weighted by Crippen LogP contribution is -2.08. The lowest BCUT2D eigenvalue weighted by atomic mass is 9.99. The molecule has 0 aromatic heterocycles. The molecule has 0 fully saturated rings. The van der Waals surface area contributed by atoms with Crippen molar-refractivity contribution in [2.45, 2.75) is 18.7 Å². The minimum absolute atomic E-state index is 0.101. The van der Waals surface area contributed by atoms with E-state index in [4.69, 9.17) is 0 Å². The first-order valence-corrected chi connectivity index (χ1v) is 6.86. The van der Waals surface area contributed by atoms with Crippen molar-refractivity contribution in [3.05, 3.63) is 69.4 Å². The Bertz CT molecular complexity index is 640. The fourth-order valence-electron chi connectivity index (χ4n) is 1.95. The Labute approximate surface area is 127 Å². The maximum Gasteiger partial charge on any atom is 0.416 e. The molecule has 0 aliphatic carbocycles. The number of hydrogen-bond donors (Lipinski definition) is 1. The van der Waals surface area contributed by atoms with Crippen LogP contribution in [0.15, 0.2) is 46.9 Å². The van der Waals surface area contributed by atoms with E-state index in [9.17, 15) is 22.7 Å². The van der Waals surface area contributed by atoms with Gasteiger partial charge in [0.2, 0.25) is 0 Å². The standard InChI is InChI=1S/C15H11BrF4O/c16-12-4-5-13(17)10(7-12)8-14(21)9-2-1-3-11(6-9)15(18,19)20/h1-7,14,21H,8H2. The highest BCUT2D eigenvalue weighted by molar-refractivity contribution is 9.10. The van der Waals surface area contributed by atoms with Gasteiger partial charge >= 0.3 is 6.18 Å². The first-order valence-electron chi connectivity index (χ1n) is 6.06. The van der Waals surface area contributed by atoms with Crippen molar-refractivity contribution >= 4 is 15.9 Å². The van der Waals surface area contributed by atoms with E-state index in [1.54, 1.807) is 0 Å². The summed E-state index contributed by atoms with van der Waals surface area (Å²) in [6.07, 6.45) is -5.79. The van der Waals surface area contributed by atoms with Crippen molar-refractivity contribution in [1.29, 1.82) is 0 Å². The average Bonchev–Trinajstić information content (AvgIpc) is 2.42. The van der Waals surface area contributed by atoms with Crippen LogP contribution in [0.25, 0.3) is 0 Å². The van der Waals surface area contributed by atoms with E-state index < -0.39 is 23.7 Å². The minimum atomic E-state index is -4.48. The average molecular weight is 363 g/mol. The number of halogens is 5. The van der Waals surface area contributed by atoms with Crippen LogP contribution in [-0.2, 0) is 12.6 Å². The molecular weight excluding hydrogens is 352 g/mol. The molecule has 0 bridgehead atoms. The third-order valence-corrected chi connectivity index (χ3v) is 3.51. The van der Waals surface area contributed by atoms with E-state index in [-0.39, 0.29) is 17.5 Å². The molecule has 2 aromatic rings. The van der Waals surface area contributed by atoms with Crippen molar-refractivity contribution in [1.82, 2.24) is 0 Å². The zero-order chi connectivity index (χ0) is 15.6. The van der Waals surface area contributed by atoms with Crippen LogP contribution < -0.4 is 0 Å². The molecule has 0 amide bonds. The second-order valence-electron chi connectivity index (χ2n) is 4.58. The number of hydrogen-bond acceptors (Lipinski definition) is 1. The first-order chi connectivity index (χ1) is 9.77. The molecule has 112 valence electrons. The predicted octanol–water partition coefficient (Wildman–Crippen LogP) is 4.88. The number of aliphatic hydroxyl groups excluding tert-OH is 1. The molecule has 0 spiro atoms. The van der Waals surface area contributed by atoms with Gasteiger partial charge in [-0.1, -0.05) is 28.1 Å². The summed E-state index contributed by atoms with van der Waals surface area (Å²) in [5, 5.41) is 10.0. The normalized spacial score (nSPS) is 13.2. The fourth-order valence-corrected chi connectivity index (χ4v) is 2.36. The van der Waals surface area contributed by atoms with Gasteiger partial charge in [0.05, 0.1) is 11.7 Å². The van der Waals surface area contributed by atoms with Gasteiger partial charge < -0.3 is 5.11 Å². The lowest BCUT2D eigenvalue weighted by Gasteiger charge is -2.14. The molecule has 0 aliphatic rings. The summed E-state index contributed by atoms with van der Waals surface area (Å²) in [6.45, 7) is 0. The Kier molecular flexibility index (Phi) is 4.68. The van der Waals surface area contributed by atoms with E-state index in [2.05, 4.69) is 15.9 Å². The van der Waals surface area contributed by atoms with E-state index >= 15 is 0 Å². The molecule has 6 heteroatoms. The van der Waals surface area contributed by atoms with E-state index in [0.717, 1.165) is 12.1 Å². The van der Waals surface area contributed by atoms with Gasteiger partial charge in [-0.2, -0.15) is 13.2 Å². The largest absolute Gasteiger partial charge is 0.416 e. The van der Waals surface area contributed by atoms with Crippen LogP contribution in [0.5, 0.6) is 0 Å². The predicted molar refractivity (Wildman–Crippen MR) is 74.2 cm³/mol. The third-order valence-electron chi connectivity index (χ3n) is 3.02. The Morgan fingerprint density at radius 1 is 1.10 bits per heavy atom. The van der Waals surface area contributed by atoms with Gasteiger partial charge in [0.25, 0.3) is 0 Å². The summed E-state index contributed by atoms with van der Waals surface area (Å²) in [4.78, 5) is 0. The Morgan fingerprint density at radius 2 is 1.81 bits per heavy atom. The van der Waals surface area contributed by atoms with Crippen LogP contribution in [0.2, 0.25) is 0 Å². The van der Waals surface area contributed by atoms with Gasteiger partial charge in [0.1, 0.15) is 5.82 Å². The molecule has 21 heavy (non-hydrogen) atoms. The lowest BCUT2D eigenvalue weighted by molar-refractivity contribution is -0.137. The van der Waals surface area contributed by atoms with E-state index in [1.807, 2.05) is 0 Å². The molecule has 0 saturated carbocycles. The molecular formula is C15H11BrF4O. The summed E-state index contributed by atoms with van der Waals surface area (Å²) in [5.74, 6) is -0.510. The summed E-state index contributed by atoms with van der Waals surface area (Å²) < 4.78 is 52.1. The molecule has 1 N–H and O–H groups in total. The minimum Gasteiger partial charge on any atom is -0.388 e. The zero-order valence-electron chi connectivity index (χ0n) is 10.7. The Balaban J connectivity index is 2.24. The summed E-state index contributed by atoms with van der Waals surface area (Å²) in [7, 11) is 0. The highest BCUT2D eigenvalue weighted by Gasteiger charge is 2.30. The number of rotatable bonds is 3. The Morgan fingerprint density at radius 3 is 2.48 bits per heavy atom. The molecule has 2 rings (SSSR count). The second-order valence-corrected chi connectivity index (χ2v) is 5.49. The molecule has 2 aromatic carbocycles. The van der Waals surface area contributed by atoms with Gasteiger partial charge in [0, 0.05) is 10.9 Å². The summed E-state index contributed by atoms with van der Waals surface area (Å²) >= 11 is 3.18. The van der Waals surface area contributed by atoms with Crippen molar-refractivity contribution in [3.63, 3.8) is 0 Å². The van der Waals surface area contributed by atoms with Gasteiger partial charge in [0.15, 0.2) is 0 Å². The molecule has 1 atom stereocenters. The highest BCUT2D eigenvalue weighted by Crippen LogP contribution is 2.31.